The van der Waals surface area contributed by atoms with Crippen LogP contribution in [0.1, 0.15) is 17.9 Å². The highest BCUT2D eigenvalue weighted by molar-refractivity contribution is 6.35. The molecule has 1 saturated heterocycles. The largest absolute Gasteiger partial charge is 0.381 e. The Morgan fingerprint density at radius 2 is 1.76 bits per heavy atom. The lowest BCUT2D eigenvalue weighted by Gasteiger charge is -2.26. The fourth-order valence-corrected chi connectivity index (χ4v) is 3.99. The van der Waals surface area contributed by atoms with Gasteiger partial charge in [-0.3, -0.25) is 0 Å². The first kappa shape index (κ1) is 13.4. The molecule has 2 aliphatic rings. The maximum Gasteiger partial charge on any atom is 0.0426 e. The Balaban J connectivity index is 1.74. The molecule has 2 heterocycles. The lowest BCUT2D eigenvalue weighted by Crippen LogP contribution is -2.38. The molecule has 2 aliphatic heterocycles. The summed E-state index contributed by atoms with van der Waals surface area (Å²) in [5, 5.41) is 8.49. The van der Waals surface area contributed by atoms with Crippen molar-refractivity contribution in [3.8, 4) is 11.1 Å². The second-order valence-corrected chi connectivity index (χ2v) is 6.68. The van der Waals surface area contributed by atoms with Crippen LogP contribution < -0.4 is 10.6 Å². The SMILES string of the molecule is Clc1cc(Cl)cc(-c2ccc3c(c2)N[C@H]2CCNC[C@@H]32)c1. The molecular weight excluding hydrogens is 303 g/mol. The molecule has 0 amide bonds. The molecule has 1 fully saturated rings. The van der Waals surface area contributed by atoms with Gasteiger partial charge < -0.3 is 10.6 Å². The lowest BCUT2D eigenvalue weighted by atomic mass is 9.90. The van der Waals surface area contributed by atoms with E-state index in [1.54, 1.807) is 6.07 Å². The number of piperidine rings is 1. The molecule has 2 aromatic rings. The average molecular weight is 319 g/mol. The highest BCUT2D eigenvalue weighted by atomic mass is 35.5. The van der Waals surface area contributed by atoms with E-state index in [1.165, 1.54) is 17.7 Å². The van der Waals surface area contributed by atoms with Crippen LogP contribution >= 0.6 is 23.2 Å². The Morgan fingerprint density at radius 3 is 2.57 bits per heavy atom. The summed E-state index contributed by atoms with van der Waals surface area (Å²) < 4.78 is 0. The number of halogens is 2. The van der Waals surface area contributed by atoms with Crippen molar-refractivity contribution in [1.82, 2.24) is 5.32 Å². The maximum atomic E-state index is 6.11. The molecule has 4 heteroatoms. The van der Waals surface area contributed by atoms with Crippen LogP contribution in [0.25, 0.3) is 11.1 Å². The average Bonchev–Trinajstić information content (AvgIpc) is 2.83. The van der Waals surface area contributed by atoms with Gasteiger partial charge in [-0.05, 0) is 53.9 Å². The minimum Gasteiger partial charge on any atom is -0.381 e. The van der Waals surface area contributed by atoms with Crippen LogP contribution in [0.15, 0.2) is 36.4 Å². The highest BCUT2D eigenvalue weighted by Crippen LogP contribution is 2.40. The van der Waals surface area contributed by atoms with Crippen molar-refractivity contribution in [2.24, 2.45) is 0 Å². The van der Waals surface area contributed by atoms with Gasteiger partial charge in [-0.2, -0.15) is 0 Å². The minimum atomic E-state index is 0.569. The van der Waals surface area contributed by atoms with Crippen molar-refractivity contribution in [3.63, 3.8) is 0 Å². The van der Waals surface area contributed by atoms with Gasteiger partial charge in [-0.1, -0.05) is 35.3 Å². The monoisotopic (exact) mass is 318 g/mol. The number of nitrogens with one attached hydrogen (secondary N) is 2. The first-order valence-electron chi connectivity index (χ1n) is 7.28. The first-order valence-corrected chi connectivity index (χ1v) is 8.04. The maximum absolute atomic E-state index is 6.11. The van der Waals surface area contributed by atoms with Crippen molar-refractivity contribution >= 4 is 28.9 Å². The van der Waals surface area contributed by atoms with Gasteiger partial charge in [0.05, 0.1) is 0 Å². The fraction of sp³-hybridized carbons (Fsp3) is 0.294. The molecule has 2 nitrogen and oxygen atoms in total. The van der Waals surface area contributed by atoms with Crippen LogP contribution in [-0.4, -0.2) is 19.1 Å². The zero-order chi connectivity index (χ0) is 14.4. The van der Waals surface area contributed by atoms with Crippen LogP contribution in [0.4, 0.5) is 5.69 Å². The van der Waals surface area contributed by atoms with E-state index in [2.05, 4.69) is 28.8 Å². The van der Waals surface area contributed by atoms with Gasteiger partial charge in [0, 0.05) is 34.2 Å². The number of rotatable bonds is 1. The zero-order valence-electron chi connectivity index (χ0n) is 11.5. The Morgan fingerprint density at radius 1 is 0.952 bits per heavy atom. The van der Waals surface area contributed by atoms with Gasteiger partial charge in [0.2, 0.25) is 0 Å². The van der Waals surface area contributed by atoms with E-state index in [0.29, 0.717) is 22.0 Å². The summed E-state index contributed by atoms with van der Waals surface area (Å²) in [6.45, 7) is 2.16. The van der Waals surface area contributed by atoms with Gasteiger partial charge >= 0.3 is 0 Å². The van der Waals surface area contributed by atoms with Crippen LogP contribution in [-0.2, 0) is 0 Å². The van der Waals surface area contributed by atoms with E-state index >= 15 is 0 Å². The molecule has 0 unspecified atom stereocenters. The molecule has 2 aromatic carbocycles. The molecule has 2 atom stereocenters. The van der Waals surface area contributed by atoms with Gasteiger partial charge in [0.1, 0.15) is 0 Å². The number of benzene rings is 2. The van der Waals surface area contributed by atoms with Crippen molar-refractivity contribution in [2.75, 3.05) is 18.4 Å². The summed E-state index contributed by atoms with van der Waals surface area (Å²) in [7, 11) is 0. The molecule has 0 aliphatic carbocycles. The third-order valence-corrected chi connectivity index (χ3v) is 4.91. The van der Waals surface area contributed by atoms with Crippen molar-refractivity contribution in [3.05, 3.63) is 52.0 Å². The minimum absolute atomic E-state index is 0.569. The number of hydrogen-bond acceptors (Lipinski definition) is 2. The summed E-state index contributed by atoms with van der Waals surface area (Å²) in [6.07, 6.45) is 1.18. The topological polar surface area (TPSA) is 24.1 Å². The molecule has 4 rings (SSSR count). The van der Waals surface area contributed by atoms with E-state index in [4.69, 9.17) is 23.2 Å². The Bertz CT molecular complexity index is 679. The molecule has 21 heavy (non-hydrogen) atoms. The van der Waals surface area contributed by atoms with E-state index < -0.39 is 0 Å². The van der Waals surface area contributed by atoms with Crippen LogP contribution in [0.5, 0.6) is 0 Å². The van der Waals surface area contributed by atoms with Gasteiger partial charge in [0.15, 0.2) is 0 Å². The molecule has 0 aromatic heterocycles. The lowest BCUT2D eigenvalue weighted by molar-refractivity contribution is 0.440. The van der Waals surface area contributed by atoms with E-state index in [1.807, 2.05) is 12.1 Å². The third kappa shape index (κ3) is 2.42. The van der Waals surface area contributed by atoms with E-state index in [0.717, 1.165) is 24.2 Å². The summed E-state index contributed by atoms with van der Waals surface area (Å²) in [6, 6.07) is 12.9. The van der Waals surface area contributed by atoms with Crippen LogP contribution in [0.2, 0.25) is 10.0 Å². The molecule has 0 saturated carbocycles. The fourth-order valence-electron chi connectivity index (χ4n) is 3.46. The van der Waals surface area contributed by atoms with Gasteiger partial charge in [-0.25, -0.2) is 0 Å². The summed E-state index contributed by atoms with van der Waals surface area (Å²) in [5.74, 6) is 0.589. The van der Waals surface area contributed by atoms with Crippen molar-refractivity contribution in [1.29, 1.82) is 0 Å². The molecule has 0 bridgehead atoms. The van der Waals surface area contributed by atoms with Crippen LogP contribution in [0.3, 0.4) is 0 Å². The normalized spacial score (nSPS) is 23.3. The number of hydrogen-bond donors (Lipinski definition) is 2. The van der Waals surface area contributed by atoms with Gasteiger partial charge in [0.25, 0.3) is 0 Å². The van der Waals surface area contributed by atoms with Crippen LogP contribution in [0, 0.1) is 0 Å². The number of anilines is 1. The Hall–Kier alpha value is -1.22. The summed E-state index contributed by atoms with van der Waals surface area (Å²) in [5.41, 5.74) is 4.88. The predicted molar refractivity (Wildman–Crippen MR) is 89.5 cm³/mol. The van der Waals surface area contributed by atoms with Crippen molar-refractivity contribution in [2.45, 2.75) is 18.4 Å². The molecule has 108 valence electrons. The Labute approximate surface area is 134 Å². The standard InChI is InChI=1S/C17H16Cl2N2/c18-12-5-11(6-13(19)8-12)10-1-2-14-15-9-20-4-3-16(15)21-17(14)7-10/h1-2,5-8,15-16,20-21H,3-4,9H2/t15-,16-/m0/s1. The second kappa shape index (κ2) is 5.20. The van der Waals surface area contributed by atoms with Crippen molar-refractivity contribution < 1.29 is 0 Å². The van der Waals surface area contributed by atoms with E-state index in [9.17, 15) is 0 Å². The molecule has 0 radical (unpaired) electrons. The summed E-state index contributed by atoms with van der Waals surface area (Å²) in [4.78, 5) is 0. The summed E-state index contributed by atoms with van der Waals surface area (Å²) >= 11 is 12.2. The second-order valence-electron chi connectivity index (χ2n) is 5.81. The molecular formula is C17H16Cl2N2. The van der Waals surface area contributed by atoms with Gasteiger partial charge in [-0.15, -0.1) is 0 Å². The zero-order valence-corrected chi connectivity index (χ0v) is 13.0. The smallest absolute Gasteiger partial charge is 0.0426 e. The molecule has 2 N–H and O–H groups in total. The highest BCUT2D eigenvalue weighted by Gasteiger charge is 2.33. The number of fused-ring (bicyclic) bond motifs is 3. The predicted octanol–water partition coefficient (Wildman–Crippen LogP) is 4.53. The quantitative estimate of drug-likeness (QED) is 0.807. The Kier molecular flexibility index (Phi) is 3.33. The first-order chi connectivity index (χ1) is 10.2. The molecule has 0 spiro atoms. The van der Waals surface area contributed by atoms with E-state index in [-0.39, 0.29) is 0 Å². The third-order valence-electron chi connectivity index (χ3n) is 4.47.